The molecule has 32 heavy (non-hydrogen) atoms. The Balaban J connectivity index is 1.53. The van der Waals surface area contributed by atoms with E-state index in [-0.39, 0.29) is 18.0 Å². The molecule has 2 aromatic rings. The van der Waals surface area contributed by atoms with E-state index in [4.69, 9.17) is 4.74 Å². The van der Waals surface area contributed by atoms with Gasteiger partial charge in [-0.3, -0.25) is 4.79 Å². The SMILES string of the molecule is COc1ccccc1N1CCN(c2ccc(NC(=O)N(C)C)cc2C(=O)NC2CC2)CC1. The zero-order chi connectivity index (χ0) is 22.7. The highest BCUT2D eigenvalue weighted by atomic mass is 16.5. The molecule has 1 saturated heterocycles. The number of para-hydroxylation sites is 2. The molecule has 0 atom stereocenters. The molecule has 0 unspecified atom stereocenters. The summed E-state index contributed by atoms with van der Waals surface area (Å²) in [7, 11) is 5.06. The Morgan fingerprint density at radius 3 is 2.25 bits per heavy atom. The average molecular weight is 438 g/mol. The normalized spacial score (nSPS) is 15.8. The van der Waals surface area contributed by atoms with E-state index in [9.17, 15) is 9.59 Å². The van der Waals surface area contributed by atoms with Crippen molar-refractivity contribution in [1.82, 2.24) is 10.2 Å². The fourth-order valence-electron chi connectivity index (χ4n) is 3.88. The maximum Gasteiger partial charge on any atom is 0.321 e. The van der Waals surface area contributed by atoms with Crippen LogP contribution in [0.2, 0.25) is 0 Å². The maximum atomic E-state index is 13.0. The number of nitrogens with one attached hydrogen (secondary N) is 2. The summed E-state index contributed by atoms with van der Waals surface area (Å²) in [6, 6.07) is 13.7. The van der Waals surface area contributed by atoms with Crippen LogP contribution in [0.25, 0.3) is 0 Å². The van der Waals surface area contributed by atoms with E-state index in [2.05, 4.69) is 26.5 Å². The molecule has 0 spiro atoms. The van der Waals surface area contributed by atoms with Crippen molar-refractivity contribution in [2.75, 3.05) is 62.5 Å². The highest BCUT2D eigenvalue weighted by molar-refractivity contribution is 6.02. The van der Waals surface area contributed by atoms with Crippen LogP contribution in [-0.4, -0.2) is 70.3 Å². The van der Waals surface area contributed by atoms with Crippen molar-refractivity contribution in [3.05, 3.63) is 48.0 Å². The average Bonchev–Trinajstić information content (AvgIpc) is 3.63. The summed E-state index contributed by atoms with van der Waals surface area (Å²) in [5.41, 5.74) is 3.19. The van der Waals surface area contributed by atoms with Crippen LogP contribution < -0.4 is 25.2 Å². The van der Waals surface area contributed by atoms with Gasteiger partial charge in [-0.05, 0) is 43.2 Å². The van der Waals surface area contributed by atoms with Crippen LogP contribution in [0.15, 0.2) is 42.5 Å². The summed E-state index contributed by atoms with van der Waals surface area (Å²) in [5.74, 6) is 0.780. The molecule has 3 amide bonds. The van der Waals surface area contributed by atoms with Crippen molar-refractivity contribution >= 4 is 29.0 Å². The van der Waals surface area contributed by atoms with Crippen molar-refractivity contribution in [1.29, 1.82) is 0 Å². The van der Waals surface area contributed by atoms with Crippen LogP contribution in [-0.2, 0) is 0 Å². The summed E-state index contributed by atoms with van der Waals surface area (Å²) in [5, 5.41) is 5.93. The Morgan fingerprint density at radius 2 is 1.62 bits per heavy atom. The minimum Gasteiger partial charge on any atom is -0.495 e. The largest absolute Gasteiger partial charge is 0.495 e. The molecule has 2 N–H and O–H groups in total. The predicted octanol–water partition coefficient (Wildman–Crippen LogP) is 3.01. The van der Waals surface area contributed by atoms with E-state index in [1.807, 2.05) is 30.3 Å². The number of carbonyl (C=O) groups is 2. The Kier molecular flexibility index (Phi) is 6.39. The summed E-state index contributed by atoms with van der Waals surface area (Å²) in [4.78, 5) is 31.1. The molecule has 1 aliphatic carbocycles. The maximum absolute atomic E-state index is 13.0. The molecule has 8 heteroatoms. The lowest BCUT2D eigenvalue weighted by Crippen LogP contribution is -2.47. The van der Waals surface area contributed by atoms with Gasteiger partial charge < -0.3 is 30.1 Å². The molecule has 0 bridgehead atoms. The second-order valence-electron chi connectivity index (χ2n) is 8.45. The van der Waals surface area contributed by atoms with Crippen LogP contribution >= 0.6 is 0 Å². The van der Waals surface area contributed by atoms with Gasteiger partial charge in [-0.15, -0.1) is 0 Å². The number of urea groups is 1. The lowest BCUT2D eigenvalue weighted by Gasteiger charge is -2.38. The van der Waals surface area contributed by atoms with Crippen molar-refractivity contribution in [3.8, 4) is 5.75 Å². The molecule has 4 rings (SSSR count). The summed E-state index contributed by atoms with van der Waals surface area (Å²) in [6.45, 7) is 3.21. The molecule has 2 fully saturated rings. The van der Waals surface area contributed by atoms with Crippen LogP contribution in [0.4, 0.5) is 21.9 Å². The number of carbonyl (C=O) groups excluding carboxylic acids is 2. The van der Waals surface area contributed by atoms with E-state index < -0.39 is 0 Å². The van der Waals surface area contributed by atoms with Crippen LogP contribution in [0.5, 0.6) is 5.75 Å². The number of anilines is 3. The molecular weight excluding hydrogens is 406 g/mol. The van der Waals surface area contributed by atoms with Gasteiger partial charge in [-0.1, -0.05) is 12.1 Å². The molecule has 1 saturated carbocycles. The molecule has 0 radical (unpaired) electrons. The van der Waals surface area contributed by atoms with E-state index >= 15 is 0 Å². The topological polar surface area (TPSA) is 77.2 Å². The first-order valence-corrected chi connectivity index (χ1v) is 11.0. The van der Waals surface area contributed by atoms with Gasteiger partial charge in [0.2, 0.25) is 0 Å². The Morgan fingerprint density at radius 1 is 0.969 bits per heavy atom. The summed E-state index contributed by atoms with van der Waals surface area (Å²) in [6.07, 6.45) is 2.05. The monoisotopic (exact) mass is 437 g/mol. The Bertz CT molecular complexity index is 981. The van der Waals surface area contributed by atoms with E-state index in [0.29, 0.717) is 11.3 Å². The number of methoxy groups -OCH3 is 1. The van der Waals surface area contributed by atoms with E-state index in [0.717, 1.165) is 56.1 Å². The molecule has 0 aromatic heterocycles. The van der Waals surface area contributed by atoms with Crippen LogP contribution in [0, 0.1) is 0 Å². The predicted molar refractivity (Wildman–Crippen MR) is 127 cm³/mol. The molecule has 8 nitrogen and oxygen atoms in total. The fourth-order valence-corrected chi connectivity index (χ4v) is 3.88. The lowest BCUT2D eigenvalue weighted by atomic mass is 10.1. The second kappa shape index (κ2) is 9.38. The number of amides is 3. The number of ether oxygens (including phenoxy) is 1. The Labute approximate surface area is 189 Å². The van der Waals surface area contributed by atoms with Gasteiger partial charge in [0, 0.05) is 57.7 Å². The first kappa shape index (κ1) is 21.8. The fraction of sp³-hybridized carbons (Fsp3) is 0.417. The second-order valence-corrected chi connectivity index (χ2v) is 8.45. The molecule has 1 heterocycles. The number of rotatable bonds is 6. The molecule has 2 aromatic carbocycles. The minimum atomic E-state index is -0.225. The van der Waals surface area contributed by atoms with Gasteiger partial charge in [0.15, 0.2) is 0 Å². The smallest absolute Gasteiger partial charge is 0.321 e. The summed E-state index contributed by atoms with van der Waals surface area (Å²) >= 11 is 0. The van der Waals surface area contributed by atoms with Gasteiger partial charge in [-0.25, -0.2) is 4.79 Å². The number of piperazine rings is 1. The highest BCUT2D eigenvalue weighted by Gasteiger charge is 2.27. The number of nitrogens with zero attached hydrogens (tertiary/aromatic N) is 3. The first-order valence-electron chi connectivity index (χ1n) is 11.0. The number of benzene rings is 2. The lowest BCUT2D eigenvalue weighted by molar-refractivity contribution is 0.0951. The van der Waals surface area contributed by atoms with Gasteiger partial charge in [0.1, 0.15) is 5.75 Å². The van der Waals surface area contributed by atoms with Gasteiger partial charge in [0.25, 0.3) is 5.91 Å². The third kappa shape index (κ3) is 4.90. The molecule has 2 aliphatic rings. The van der Waals surface area contributed by atoms with E-state index in [1.165, 1.54) is 4.90 Å². The standard InChI is InChI=1S/C24H31N5O3/c1-27(2)24(31)26-18-10-11-20(19(16-18)23(30)25-17-8-9-17)28-12-14-29(15-13-28)21-6-4-5-7-22(21)32-3/h4-7,10-11,16-17H,8-9,12-15H2,1-3H3,(H,25,30)(H,26,31). The third-order valence-corrected chi connectivity index (χ3v) is 5.86. The van der Waals surface area contributed by atoms with Gasteiger partial charge in [-0.2, -0.15) is 0 Å². The molecular formula is C24H31N5O3. The van der Waals surface area contributed by atoms with Crippen molar-refractivity contribution in [2.24, 2.45) is 0 Å². The summed E-state index contributed by atoms with van der Waals surface area (Å²) < 4.78 is 5.52. The van der Waals surface area contributed by atoms with Crippen molar-refractivity contribution in [2.45, 2.75) is 18.9 Å². The first-order chi connectivity index (χ1) is 15.5. The van der Waals surface area contributed by atoms with Crippen molar-refractivity contribution in [3.63, 3.8) is 0 Å². The van der Waals surface area contributed by atoms with Crippen LogP contribution in [0.1, 0.15) is 23.2 Å². The van der Waals surface area contributed by atoms with Gasteiger partial charge in [0.05, 0.1) is 18.4 Å². The van der Waals surface area contributed by atoms with Crippen molar-refractivity contribution < 1.29 is 14.3 Å². The Hall–Kier alpha value is -3.42. The van der Waals surface area contributed by atoms with Gasteiger partial charge >= 0.3 is 6.03 Å². The molecule has 170 valence electrons. The molecule has 1 aliphatic heterocycles. The minimum absolute atomic E-state index is 0.0874. The third-order valence-electron chi connectivity index (χ3n) is 5.86. The quantitative estimate of drug-likeness (QED) is 0.727. The zero-order valence-corrected chi connectivity index (χ0v) is 18.9. The zero-order valence-electron chi connectivity index (χ0n) is 18.9. The van der Waals surface area contributed by atoms with Crippen LogP contribution in [0.3, 0.4) is 0 Å². The van der Waals surface area contributed by atoms with E-state index in [1.54, 1.807) is 27.3 Å². The highest BCUT2D eigenvalue weighted by Crippen LogP contribution is 2.31. The number of hydrogen-bond donors (Lipinski definition) is 2. The number of hydrogen-bond acceptors (Lipinski definition) is 5.